The molecule has 0 spiro atoms. The predicted molar refractivity (Wildman–Crippen MR) is 199 cm³/mol. The van der Waals surface area contributed by atoms with Crippen molar-refractivity contribution in [3.63, 3.8) is 0 Å². The number of hydrogen-bond acceptors (Lipinski definition) is 3. The summed E-state index contributed by atoms with van der Waals surface area (Å²) in [5.74, 6) is 0. The molecule has 0 heterocycles. The molecular weight excluding hydrogens is 568 g/mol. The number of carbonyl (C=O) groups excluding carboxylic acids is 1. The second kappa shape index (κ2) is 51.0. The van der Waals surface area contributed by atoms with Crippen molar-refractivity contribution in [3.05, 3.63) is 0 Å². The summed E-state index contributed by atoms with van der Waals surface area (Å²) in [6, 6.07) is 0. The van der Waals surface area contributed by atoms with Crippen LogP contribution in [0.4, 0.5) is 4.79 Å². The Kier molecular flexibility index (Phi) is 55.0. The molecule has 0 amide bonds. The maximum atomic E-state index is 8.33. The van der Waals surface area contributed by atoms with Gasteiger partial charge >= 0.3 is 0 Å². The number of hydrogen-bond donors (Lipinski definition) is 2. The number of nitrogens with two attached hydrogens (primary N) is 2. The van der Waals surface area contributed by atoms with E-state index in [9.17, 15) is 0 Å². The molecule has 0 bridgehead atoms. The zero-order valence-corrected chi connectivity index (χ0v) is 32.3. The van der Waals surface area contributed by atoms with Gasteiger partial charge in [-0.2, -0.15) is 0 Å². The Morgan fingerprint density at radius 2 is 0.435 bits per heavy atom. The van der Waals surface area contributed by atoms with Crippen LogP contribution in [0.25, 0.3) is 0 Å². The normalized spacial score (nSPS) is 10.7. The maximum absolute atomic E-state index is 8.33. The Labute approximate surface area is 290 Å². The lowest BCUT2D eigenvalue weighted by molar-refractivity contribution is -0.655. The van der Waals surface area contributed by atoms with Gasteiger partial charge in [0.1, 0.15) is 0 Å². The summed E-state index contributed by atoms with van der Waals surface area (Å²) < 4.78 is 0. The van der Waals surface area contributed by atoms with Gasteiger partial charge < -0.3 is 25.6 Å². The molecule has 0 saturated carbocycles. The van der Waals surface area contributed by atoms with E-state index in [2.05, 4.69) is 38.3 Å². The van der Waals surface area contributed by atoms with Gasteiger partial charge in [-0.3, -0.25) is 0 Å². The van der Waals surface area contributed by atoms with Crippen LogP contribution in [-0.2, 0) is 0 Å². The molecule has 0 rings (SSSR count). The molecule has 0 aromatic rings. The molecule has 46 heavy (non-hydrogen) atoms. The highest BCUT2D eigenvalue weighted by Gasteiger charge is 1.97. The molecule has 0 aromatic heterocycles. The number of rotatable bonds is 36. The average Bonchev–Trinajstić information content (AvgIpc) is 3.04. The third-order valence-electron chi connectivity index (χ3n) is 9.05. The Morgan fingerprint density at radius 1 is 0.304 bits per heavy atom. The standard InChI is InChI=1S/2C20H43N.CH2O3/c2*1-3-5-7-9-11-13-15-17-19-21-20-18-16-14-12-10-8-6-4-2;2-1(3)4/h2*21H,3-20H2,1-2H3;(H2,2,3,4). The molecule has 0 aliphatic carbocycles. The van der Waals surface area contributed by atoms with Crippen LogP contribution in [0, 0.1) is 0 Å². The van der Waals surface area contributed by atoms with E-state index in [-0.39, 0.29) is 0 Å². The summed E-state index contributed by atoms with van der Waals surface area (Å²) in [7, 11) is 0. The van der Waals surface area contributed by atoms with E-state index < -0.39 is 6.16 Å². The lowest BCUT2D eigenvalue weighted by atomic mass is 10.1. The fraction of sp³-hybridized carbons (Fsp3) is 0.976. The van der Waals surface area contributed by atoms with Gasteiger partial charge in [0, 0.05) is 0 Å². The summed E-state index contributed by atoms with van der Waals surface area (Å²) in [5, 5.41) is 21.8. The summed E-state index contributed by atoms with van der Waals surface area (Å²) in [6.45, 7) is 14.6. The second-order valence-electron chi connectivity index (χ2n) is 13.9. The first-order chi connectivity index (χ1) is 22.6. The molecule has 0 saturated heterocycles. The van der Waals surface area contributed by atoms with Gasteiger partial charge in [-0.05, 0) is 57.5 Å². The number of quaternary nitrogens is 2. The Bertz CT molecular complexity index is 426. The van der Waals surface area contributed by atoms with Crippen molar-refractivity contribution in [2.75, 3.05) is 26.2 Å². The lowest BCUT2D eigenvalue weighted by Crippen LogP contribution is -2.84. The quantitative estimate of drug-likeness (QED) is 0.0658. The van der Waals surface area contributed by atoms with Crippen LogP contribution in [0.15, 0.2) is 0 Å². The van der Waals surface area contributed by atoms with Gasteiger partial charge in [-0.25, -0.2) is 0 Å². The minimum atomic E-state index is -2.33. The van der Waals surface area contributed by atoms with E-state index in [0.717, 1.165) is 0 Å². The second-order valence-corrected chi connectivity index (χ2v) is 13.9. The largest absolute Gasteiger partial charge is 0.652 e. The molecule has 0 radical (unpaired) electrons. The molecule has 280 valence electrons. The fourth-order valence-corrected chi connectivity index (χ4v) is 5.98. The molecule has 0 aliphatic rings. The van der Waals surface area contributed by atoms with Crippen LogP contribution in [0.5, 0.6) is 0 Å². The average molecular weight is 657 g/mol. The summed E-state index contributed by atoms with van der Waals surface area (Å²) in [4.78, 5) is 8.33. The van der Waals surface area contributed by atoms with Crippen LogP contribution < -0.4 is 20.8 Å². The van der Waals surface area contributed by atoms with Crippen molar-refractivity contribution in [3.8, 4) is 0 Å². The van der Waals surface area contributed by atoms with E-state index in [4.69, 9.17) is 15.0 Å². The Balaban J connectivity index is -0.000000719. The van der Waals surface area contributed by atoms with Crippen molar-refractivity contribution in [1.82, 2.24) is 0 Å². The van der Waals surface area contributed by atoms with Crippen molar-refractivity contribution in [1.29, 1.82) is 0 Å². The third kappa shape index (κ3) is 62.1. The van der Waals surface area contributed by atoms with Crippen molar-refractivity contribution in [2.45, 2.75) is 233 Å². The number of carboxylic acid groups (broad SMARTS) is 2. The SMILES string of the molecule is CCCCCCCCCC[NH2+]CCCCCCCCCC.CCCCCCCCCC[NH2+]CCCCCCCCCC.O=C([O-])[O-]. The zero-order chi connectivity index (χ0) is 34.4. The molecule has 4 N–H and O–H groups in total. The maximum Gasteiger partial charge on any atom is 0.0755 e. The first kappa shape index (κ1) is 49.6. The highest BCUT2D eigenvalue weighted by Crippen LogP contribution is 2.10. The Morgan fingerprint density at radius 3 is 0.587 bits per heavy atom. The van der Waals surface area contributed by atoms with E-state index in [1.165, 1.54) is 232 Å². The molecule has 5 nitrogen and oxygen atoms in total. The van der Waals surface area contributed by atoms with Crippen LogP contribution in [0.2, 0.25) is 0 Å². The molecule has 5 heteroatoms. The minimum Gasteiger partial charge on any atom is -0.652 e. The smallest absolute Gasteiger partial charge is 0.0755 e. The zero-order valence-electron chi connectivity index (χ0n) is 32.3. The number of unbranched alkanes of at least 4 members (excludes halogenated alkanes) is 28. The van der Waals surface area contributed by atoms with E-state index in [1.54, 1.807) is 0 Å². The predicted octanol–water partition coefficient (Wildman–Crippen LogP) is 9.22. The molecule has 0 aromatic carbocycles. The molecule has 0 atom stereocenters. The summed E-state index contributed by atoms with van der Waals surface area (Å²) in [6.07, 6.45) is 43.9. The van der Waals surface area contributed by atoms with Gasteiger partial charge in [0.05, 0.1) is 26.2 Å². The number of carbonyl (C=O) groups is 1. The summed E-state index contributed by atoms with van der Waals surface area (Å²) >= 11 is 0. The van der Waals surface area contributed by atoms with E-state index in [0.29, 0.717) is 0 Å². The van der Waals surface area contributed by atoms with Gasteiger partial charge in [0.25, 0.3) is 0 Å². The fourth-order valence-electron chi connectivity index (χ4n) is 5.98. The first-order valence-corrected chi connectivity index (χ1v) is 21.1. The van der Waals surface area contributed by atoms with Gasteiger partial charge in [0.2, 0.25) is 0 Å². The molecular formula is C41H88N2O3. The van der Waals surface area contributed by atoms with E-state index >= 15 is 0 Å². The van der Waals surface area contributed by atoms with E-state index in [1.807, 2.05) is 0 Å². The van der Waals surface area contributed by atoms with Crippen molar-refractivity contribution < 1.29 is 25.6 Å². The highest BCUT2D eigenvalue weighted by atomic mass is 16.6. The third-order valence-corrected chi connectivity index (χ3v) is 9.05. The van der Waals surface area contributed by atoms with Crippen LogP contribution in [0.3, 0.4) is 0 Å². The summed E-state index contributed by atoms with van der Waals surface area (Å²) in [5.41, 5.74) is 0. The topological polar surface area (TPSA) is 96.4 Å². The monoisotopic (exact) mass is 657 g/mol. The van der Waals surface area contributed by atoms with Gasteiger partial charge in [-0.15, -0.1) is 0 Å². The van der Waals surface area contributed by atoms with Crippen LogP contribution in [0.1, 0.15) is 233 Å². The van der Waals surface area contributed by atoms with Gasteiger partial charge in [0.15, 0.2) is 0 Å². The molecule has 0 fully saturated rings. The van der Waals surface area contributed by atoms with Crippen LogP contribution >= 0.6 is 0 Å². The first-order valence-electron chi connectivity index (χ1n) is 21.1. The van der Waals surface area contributed by atoms with Gasteiger partial charge in [-0.1, -0.05) is 182 Å². The lowest BCUT2D eigenvalue weighted by Gasteiger charge is -2.03. The van der Waals surface area contributed by atoms with Crippen molar-refractivity contribution >= 4 is 6.16 Å². The minimum absolute atomic E-state index is 1.37. The molecule has 0 aliphatic heterocycles. The Hall–Kier alpha value is -0.810. The molecule has 0 unspecified atom stereocenters. The highest BCUT2D eigenvalue weighted by molar-refractivity contribution is 5.47. The van der Waals surface area contributed by atoms with Crippen LogP contribution in [-0.4, -0.2) is 32.3 Å². The van der Waals surface area contributed by atoms with Crippen molar-refractivity contribution in [2.24, 2.45) is 0 Å².